The number of aromatic nitrogens is 4. The monoisotopic (exact) mass is 1230 g/mol. The minimum Gasteiger partial charge on any atom is -0.444 e. The van der Waals surface area contributed by atoms with Crippen LogP contribution in [0.4, 0.5) is 14.0 Å². The highest BCUT2D eigenvalue weighted by atomic mass is 19.1. The normalized spacial score (nSPS) is 20.0. The van der Waals surface area contributed by atoms with Crippen molar-refractivity contribution in [3.63, 3.8) is 0 Å². The number of halogens is 1. The first-order valence-corrected chi connectivity index (χ1v) is 30.4. The number of nitrogens with zero attached hydrogens (tertiary/aromatic N) is 10. The highest BCUT2D eigenvalue weighted by Gasteiger charge is 2.47. The molecule has 6 aliphatic heterocycles. The van der Waals surface area contributed by atoms with Gasteiger partial charge in [0.15, 0.2) is 0 Å². The van der Waals surface area contributed by atoms with Gasteiger partial charge in [0, 0.05) is 63.0 Å². The van der Waals surface area contributed by atoms with Crippen LogP contribution in [0.3, 0.4) is 0 Å². The molecule has 25 nitrogen and oxygen atoms in total. The lowest BCUT2D eigenvalue weighted by Crippen LogP contribution is -2.54. The Kier molecular flexibility index (Phi) is 21.0. The van der Waals surface area contributed by atoms with E-state index in [1.165, 1.54) is 12.1 Å². The number of benzene rings is 2. The molecule has 0 radical (unpaired) electrons. The average Bonchev–Trinajstić information content (AvgIpc) is 1.64. The first-order chi connectivity index (χ1) is 42.0. The summed E-state index contributed by atoms with van der Waals surface area (Å²) < 4.78 is 28.6. The second-order valence-electron chi connectivity index (χ2n) is 26.0. The van der Waals surface area contributed by atoms with E-state index in [1.807, 2.05) is 83.5 Å². The van der Waals surface area contributed by atoms with E-state index in [1.54, 1.807) is 21.9 Å². The third-order valence-corrected chi connectivity index (χ3v) is 16.4. The lowest BCUT2D eigenvalue weighted by atomic mass is 9.88. The molecule has 2 aromatic heterocycles. The van der Waals surface area contributed by atoms with E-state index in [0.29, 0.717) is 44.2 Å². The largest absolute Gasteiger partial charge is 0.444 e. The first kappa shape index (κ1) is 66.7. The lowest BCUT2D eigenvalue weighted by Gasteiger charge is -2.33. The smallest absolute Gasteiger partial charge is 0.410 e. The predicted molar refractivity (Wildman–Crippen MR) is 323 cm³/mol. The zero-order valence-electron chi connectivity index (χ0n) is 52.6. The molecule has 10 rings (SSSR count). The highest BCUT2D eigenvalue weighted by molar-refractivity contribution is 6.24. The van der Waals surface area contributed by atoms with Crippen molar-refractivity contribution in [2.75, 3.05) is 67.5 Å². The van der Waals surface area contributed by atoms with Gasteiger partial charge in [-0.1, -0.05) is 18.2 Å². The lowest BCUT2D eigenvalue weighted by molar-refractivity contribution is -0.137. The van der Waals surface area contributed by atoms with Crippen molar-refractivity contribution in [1.29, 1.82) is 0 Å². The molecule has 6 aliphatic rings. The van der Waals surface area contributed by atoms with Gasteiger partial charge in [0.2, 0.25) is 23.6 Å². The summed E-state index contributed by atoms with van der Waals surface area (Å²) in [7, 11) is 8.13. The SMILES string of the molecule is CN(C)CCC(Cc1cccc2c1C(=O)N(C1CCC(=O)NC1=O)C2=O)c1cnn(C2CCN(C(=O)OC(C)(C)C)CC2)c1.CN(C)CCC(N)c1cnn(C2CCN(C(=O)OC(C)(C)C)CC2)c1.O=C1CCC(N2C(=O)c3cccc(F)c3C2=O)C(=O)N1. The Hall–Kier alpha value is -8.23. The third-order valence-electron chi connectivity index (χ3n) is 16.4. The topological polar surface area (TPSA) is 294 Å². The summed E-state index contributed by atoms with van der Waals surface area (Å²) in [6.45, 7) is 15.6. The molecule has 26 heteroatoms. The van der Waals surface area contributed by atoms with Gasteiger partial charge in [-0.25, -0.2) is 14.0 Å². The van der Waals surface area contributed by atoms with Gasteiger partial charge in [-0.05, 0) is 176 Å². The standard InChI is InChI=1S/C32H42N6O6.C18H33N5O2.C13H9FN2O4/c1-32(2,3)44-31(43)36-15-12-23(13-16-36)37-19-22(18-33-37)20(11-14-35(4)5)17-21-7-6-8-24-27(21)30(42)38(29(24)41)25-9-10-26(39)34-28(25)40;1-18(2,3)25-17(24)22-10-6-15(7-11-22)23-13-14(12-20-23)16(19)8-9-21(4)5;14-7-3-1-2-6-10(7)13(20)16(12(6)19)8-4-5-9(17)15-11(8)18/h6-8,18-20,23,25H,9-17H2,1-5H3,(H,34,39,40);12-13,15-16H,6-11,19H2,1-5H3;1-3,8H,4-5H2,(H,15,17,18). The van der Waals surface area contributed by atoms with Crippen molar-refractivity contribution in [1.82, 2.24) is 59.6 Å². The zero-order valence-corrected chi connectivity index (χ0v) is 52.6. The van der Waals surface area contributed by atoms with E-state index in [9.17, 15) is 52.3 Å². The Labute approximate surface area is 517 Å². The number of nitrogens with two attached hydrogens (primary N) is 1. The number of carbonyl (C=O) groups is 10. The Morgan fingerprint density at radius 1 is 0.607 bits per heavy atom. The van der Waals surface area contributed by atoms with Crippen LogP contribution in [-0.2, 0) is 35.1 Å². The van der Waals surface area contributed by atoms with E-state index in [2.05, 4.69) is 52.0 Å². The van der Waals surface area contributed by atoms with Crippen molar-refractivity contribution >= 4 is 59.4 Å². The maximum Gasteiger partial charge on any atom is 0.410 e. The number of hydrogen-bond acceptors (Lipinski definition) is 17. The summed E-state index contributed by atoms with van der Waals surface area (Å²) in [4.78, 5) is 133. The number of likely N-dealkylation sites (tertiary alicyclic amines) is 2. The molecule has 0 aliphatic carbocycles. The van der Waals surface area contributed by atoms with Gasteiger partial charge in [-0.15, -0.1) is 0 Å². The number of amides is 10. The van der Waals surface area contributed by atoms with E-state index in [4.69, 9.17) is 20.3 Å². The number of carbonyl (C=O) groups excluding carboxylic acids is 10. The minimum atomic E-state index is -1.07. The summed E-state index contributed by atoms with van der Waals surface area (Å²) in [6.07, 6.45) is 13.2. The molecular weight excluding hydrogens is 1150 g/mol. The van der Waals surface area contributed by atoms with E-state index < -0.39 is 76.4 Å². The number of fused-ring (bicyclic) bond motifs is 2. The van der Waals surface area contributed by atoms with E-state index in [0.717, 1.165) is 84.2 Å². The fourth-order valence-electron chi connectivity index (χ4n) is 11.6. The predicted octanol–water partition coefficient (Wildman–Crippen LogP) is 5.77. The molecule has 480 valence electrons. The second-order valence-corrected chi connectivity index (χ2v) is 26.0. The maximum atomic E-state index is 13.7. The minimum absolute atomic E-state index is 0.0120. The number of hydrogen-bond donors (Lipinski definition) is 3. The van der Waals surface area contributed by atoms with Gasteiger partial charge >= 0.3 is 12.2 Å². The molecule has 10 amide bonds. The molecule has 4 unspecified atom stereocenters. The Balaban J connectivity index is 0.000000191. The van der Waals surface area contributed by atoms with Gasteiger partial charge in [-0.2, -0.15) is 10.2 Å². The van der Waals surface area contributed by atoms with Gasteiger partial charge < -0.3 is 34.8 Å². The van der Waals surface area contributed by atoms with Crippen molar-refractivity contribution < 1.29 is 61.8 Å². The molecule has 8 heterocycles. The molecule has 4 fully saturated rings. The van der Waals surface area contributed by atoms with E-state index in [-0.39, 0.29) is 72.6 Å². The van der Waals surface area contributed by atoms with Crippen LogP contribution in [0.5, 0.6) is 0 Å². The molecule has 4 atom stereocenters. The summed E-state index contributed by atoms with van der Waals surface area (Å²) >= 11 is 0. The molecule has 4 aromatic rings. The second kappa shape index (κ2) is 28.1. The fraction of sp³-hybridized carbons (Fsp3) is 0.556. The number of rotatable bonds is 14. The Morgan fingerprint density at radius 2 is 1.03 bits per heavy atom. The molecule has 0 saturated carbocycles. The number of imide groups is 4. The third kappa shape index (κ3) is 16.4. The van der Waals surface area contributed by atoms with Crippen LogP contribution in [0.2, 0.25) is 0 Å². The molecule has 0 spiro atoms. The van der Waals surface area contributed by atoms with Crippen LogP contribution in [0, 0.1) is 5.82 Å². The Morgan fingerprint density at radius 3 is 1.48 bits per heavy atom. The van der Waals surface area contributed by atoms with Crippen molar-refractivity contribution in [3.05, 3.63) is 106 Å². The number of ether oxygens (including phenoxy) is 2. The van der Waals surface area contributed by atoms with Crippen LogP contribution >= 0.6 is 0 Å². The highest BCUT2D eigenvalue weighted by Crippen LogP contribution is 2.36. The molecule has 4 saturated heterocycles. The van der Waals surface area contributed by atoms with Gasteiger partial charge in [0.05, 0.1) is 46.7 Å². The first-order valence-electron chi connectivity index (χ1n) is 30.4. The van der Waals surface area contributed by atoms with Crippen molar-refractivity contribution in [3.8, 4) is 0 Å². The van der Waals surface area contributed by atoms with Gasteiger partial charge in [0.25, 0.3) is 23.6 Å². The molecule has 2 aromatic carbocycles. The Bertz CT molecular complexity index is 3330. The van der Waals surface area contributed by atoms with Crippen LogP contribution in [0.25, 0.3) is 0 Å². The van der Waals surface area contributed by atoms with E-state index >= 15 is 0 Å². The summed E-state index contributed by atoms with van der Waals surface area (Å²) in [5, 5.41) is 13.5. The zero-order chi connectivity index (χ0) is 64.8. The van der Waals surface area contributed by atoms with Gasteiger partial charge in [-0.3, -0.25) is 68.2 Å². The molecular formula is C63H84FN13O12. The summed E-state index contributed by atoms with van der Waals surface area (Å²) in [5.74, 6) is -5.50. The van der Waals surface area contributed by atoms with Crippen LogP contribution in [0.1, 0.15) is 188 Å². The average molecular weight is 1230 g/mol. The maximum absolute atomic E-state index is 13.7. The number of nitrogens with one attached hydrogen (secondary N) is 2. The van der Waals surface area contributed by atoms with Crippen molar-refractivity contribution in [2.45, 2.75) is 160 Å². The number of piperidine rings is 4. The van der Waals surface area contributed by atoms with Crippen LogP contribution < -0.4 is 16.4 Å². The quantitative estimate of drug-likeness (QED) is 0.126. The molecule has 0 bridgehead atoms. The van der Waals surface area contributed by atoms with Crippen LogP contribution in [0.15, 0.2) is 61.2 Å². The summed E-state index contributed by atoms with van der Waals surface area (Å²) in [5.41, 5.74) is 8.39. The van der Waals surface area contributed by atoms with Gasteiger partial charge in [0.1, 0.15) is 29.1 Å². The van der Waals surface area contributed by atoms with Crippen molar-refractivity contribution in [2.24, 2.45) is 5.73 Å². The van der Waals surface area contributed by atoms with Crippen LogP contribution in [-0.4, -0.2) is 199 Å². The molecule has 4 N–H and O–H groups in total. The summed E-state index contributed by atoms with van der Waals surface area (Å²) in [6, 6.07) is 7.43. The fourth-order valence-corrected chi connectivity index (χ4v) is 11.6. The molecule has 89 heavy (non-hydrogen) atoms.